The molecule has 2 N–H and O–H groups in total. The van der Waals surface area contributed by atoms with Gasteiger partial charge in [0, 0.05) is 6.42 Å². The summed E-state index contributed by atoms with van der Waals surface area (Å²) in [6.45, 7) is 5.54. The minimum Gasteiger partial charge on any atom is -0.463 e. The van der Waals surface area contributed by atoms with Crippen LogP contribution in [0.15, 0.2) is 12.2 Å². The molecule has 0 aromatic carbocycles. The van der Waals surface area contributed by atoms with Crippen LogP contribution in [-0.2, 0) is 9.53 Å². The fraction of sp³-hybridized carbons (Fsp3) is 0.812. The predicted octanol–water partition coefficient (Wildman–Crippen LogP) is 3.22. The summed E-state index contributed by atoms with van der Waals surface area (Å²) in [5.74, 6) is -0.295. The van der Waals surface area contributed by atoms with E-state index in [2.05, 4.69) is 12.2 Å². The van der Waals surface area contributed by atoms with Crippen molar-refractivity contribution < 1.29 is 19.7 Å². The zero-order valence-corrected chi connectivity index (χ0v) is 13.3. The maximum Gasteiger partial charge on any atom is 0.305 e. The minimum absolute atomic E-state index is 0.112. The van der Waals surface area contributed by atoms with Crippen LogP contribution < -0.4 is 0 Å². The standard InChI is InChI=1S/C14H26O4.C2H6/c1-2-3-4-5-6-7-8-9-10-14(17)18-12-13(16)11-15;1-2/h2-3,13,15-16H,4-12H2,1H3;1-2H3/b3-2-;/t13-;/m1./s1. The number of hydrogen-bond acceptors (Lipinski definition) is 4. The van der Waals surface area contributed by atoms with Crippen molar-refractivity contribution in [3.8, 4) is 0 Å². The van der Waals surface area contributed by atoms with E-state index >= 15 is 0 Å². The monoisotopic (exact) mass is 288 g/mol. The van der Waals surface area contributed by atoms with Gasteiger partial charge in [-0.25, -0.2) is 0 Å². The molecule has 0 saturated carbocycles. The Balaban J connectivity index is 0. The maximum absolute atomic E-state index is 11.2. The van der Waals surface area contributed by atoms with E-state index in [1.807, 2.05) is 20.8 Å². The van der Waals surface area contributed by atoms with E-state index in [-0.39, 0.29) is 19.2 Å². The fourth-order valence-electron chi connectivity index (χ4n) is 1.54. The molecule has 0 unspecified atom stereocenters. The summed E-state index contributed by atoms with van der Waals surface area (Å²) >= 11 is 0. The molecule has 0 spiro atoms. The summed E-state index contributed by atoms with van der Waals surface area (Å²) in [7, 11) is 0. The molecule has 0 fully saturated rings. The van der Waals surface area contributed by atoms with Gasteiger partial charge in [-0.1, -0.05) is 45.3 Å². The van der Waals surface area contributed by atoms with Crippen LogP contribution in [0.2, 0.25) is 0 Å². The molecule has 120 valence electrons. The van der Waals surface area contributed by atoms with Crippen molar-refractivity contribution in [2.24, 2.45) is 0 Å². The molecule has 1 atom stereocenters. The van der Waals surface area contributed by atoms with Gasteiger partial charge in [0.1, 0.15) is 12.7 Å². The van der Waals surface area contributed by atoms with E-state index in [4.69, 9.17) is 14.9 Å². The van der Waals surface area contributed by atoms with Crippen LogP contribution in [-0.4, -0.2) is 35.5 Å². The lowest BCUT2D eigenvalue weighted by Gasteiger charge is -2.08. The fourth-order valence-corrected chi connectivity index (χ4v) is 1.54. The maximum atomic E-state index is 11.2. The molecule has 0 aliphatic rings. The molecule has 0 aliphatic carbocycles. The first-order valence-corrected chi connectivity index (χ1v) is 7.76. The third kappa shape index (κ3) is 17.1. The molecule has 0 saturated heterocycles. The minimum atomic E-state index is -0.958. The van der Waals surface area contributed by atoms with Crippen molar-refractivity contribution >= 4 is 5.97 Å². The van der Waals surface area contributed by atoms with E-state index in [1.165, 1.54) is 12.8 Å². The molecule has 20 heavy (non-hydrogen) atoms. The van der Waals surface area contributed by atoms with Crippen LogP contribution in [0.5, 0.6) is 0 Å². The Morgan fingerprint density at radius 3 is 2.35 bits per heavy atom. The van der Waals surface area contributed by atoms with E-state index in [0.717, 1.165) is 25.7 Å². The number of aliphatic hydroxyl groups excluding tert-OH is 2. The van der Waals surface area contributed by atoms with Crippen molar-refractivity contribution in [1.29, 1.82) is 0 Å². The largest absolute Gasteiger partial charge is 0.463 e. The lowest BCUT2D eigenvalue weighted by Crippen LogP contribution is -2.21. The zero-order valence-electron chi connectivity index (χ0n) is 13.3. The van der Waals surface area contributed by atoms with Crippen LogP contribution in [0.25, 0.3) is 0 Å². The number of unbranched alkanes of at least 4 members (excludes halogenated alkanes) is 5. The summed E-state index contributed by atoms with van der Waals surface area (Å²) in [6.07, 6.45) is 10.2. The lowest BCUT2D eigenvalue weighted by molar-refractivity contribution is -0.147. The Bertz CT molecular complexity index is 227. The first-order chi connectivity index (χ1) is 9.70. The zero-order chi connectivity index (χ0) is 15.6. The van der Waals surface area contributed by atoms with Crippen molar-refractivity contribution in [1.82, 2.24) is 0 Å². The molecule has 4 heteroatoms. The van der Waals surface area contributed by atoms with Crippen molar-refractivity contribution in [3.63, 3.8) is 0 Å². The third-order valence-electron chi connectivity index (χ3n) is 2.63. The quantitative estimate of drug-likeness (QED) is 0.348. The molecule has 0 radical (unpaired) electrons. The number of aliphatic hydroxyl groups is 2. The molecule has 0 bridgehead atoms. The second kappa shape index (κ2) is 18.1. The Morgan fingerprint density at radius 1 is 1.15 bits per heavy atom. The molecule has 0 amide bonds. The molecule has 0 rings (SSSR count). The van der Waals surface area contributed by atoms with Crippen LogP contribution in [0.3, 0.4) is 0 Å². The topological polar surface area (TPSA) is 66.8 Å². The van der Waals surface area contributed by atoms with Gasteiger partial charge < -0.3 is 14.9 Å². The summed E-state index contributed by atoms with van der Waals surface area (Å²) in [5, 5.41) is 17.5. The van der Waals surface area contributed by atoms with Gasteiger partial charge in [0.25, 0.3) is 0 Å². The number of carbonyl (C=O) groups excluding carboxylic acids is 1. The van der Waals surface area contributed by atoms with E-state index < -0.39 is 6.10 Å². The highest BCUT2D eigenvalue weighted by molar-refractivity contribution is 5.69. The van der Waals surface area contributed by atoms with Crippen molar-refractivity contribution in [3.05, 3.63) is 12.2 Å². The van der Waals surface area contributed by atoms with Crippen LogP contribution in [0.4, 0.5) is 0 Å². The van der Waals surface area contributed by atoms with Crippen LogP contribution in [0.1, 0.15) is 65.7 Å². The molecule has 0 aromatic heterocycles. The average Bonchev–Trinajstić information content (AvgIpc) is 2.49. The summed E-state index contributed by atoms with van der Waals surface area (Å²) in [6, 6.07) is 0. The van der Waals surface area contributed by atoms with Crippen LogP contribution in [0, 0.1) is 0 Å². The highest BCUT2D eigenvalue weighted by atomic mass is 16.5. The van der Waals surface area contributed by atoms with Crippen molar-refractivity contribution in [2.75, 3.05) is 13.2 Å². The molecule has 0 aliphatic heterocycles. The molecule has 0 heterocycles. The lowest BCUT2D eigenvalue weighted by atomic mass is 10.1. The molecule has 0 aromatic rings. The average molecular weight is 288 g/mol. The van der Waals surface area contributed by atoms with Gasteiger partial charge in [0.05, 0.1) is 6.61 Å². The van der Waals surface area contributed by atoms with Gasteiger partial charge >= 0.3 is 5.97 Å². The third-order valence-corrected chi connectivity index (χ3v) is 2.63. The van der Waals surface area contributed by atoms with Gasteiger partial charge in [0.2, 0.25) is 0 Å². The molecular weight excluding hydrogens is 256 g/mol. The Labute approximate surface area is 123 Å². The SMILES string of the molecule is C/C=C\CCCCCCCC(=O)OC[C@H](O)CO.CC. The van der Waals surface area contributed by atoms with Crippen molar-refractivity contribution in [2.45, 2.75) is 71.8 Å². The smallest absolute Gasteiger partial charge is 0.305 e. The van der Waals surface area contributed by atoms with Gasteiger partial charge in [-0.15, -0.1) is 0 Å². The number of esters is 1. The first-order valence-electron chi connectivity index (χ1n) is 7.76. The van der Waals surface area contributed by atoms with Crippen LogP contribution >= 0.6 is 0 Å². The van der Waals surface area contributed by atoms with E-state index in [1.54, 1.807) is 0 Å². The number of hydrogen-bond donors (Lipinski definition) is 2. The van der Waals surface area contributed by atoms with Gasteiger partial charge in [-0.2, -0.15) is 0 Å². The highest BCUT2D eigenvalue weighted by Gasteiger charge is 2.07. The number of carbonyl (C=O) groups is 1. The molecule has 4 nitrogen and oxygen atoms in total. The second-order valence-corrected chi connectivity index (χ2v) is 4.39. The predicted molar refractivity (Wildman–Crippen MR) is 82.5 cm³/mol. The number of allylic oxidation sites excluding steroid dienone is 2. The Morgan fingerprint density at radius 2 is 1.75 bits per heavy atom. The van der Waals surface area contributed by atoms with Gasteiger partial charge in [0.15, 0.2) is 0 Å². The second-order valence-electron chi connectivity index (χ2n) is 4.39. The Hall–Kier alpha value is -0.870. The highest BCUT2D eigenvalue weighted by Crippen LogP contribution is 2.08. The summed E-state index contributed by atoms with van der Waals surface area (Å²) in [5.41, 5.74) is 0. The van der Waals surface area contributed by atoms with Gasteiger partial charge in [-0.3, -0.25) is 4.79 Å². The van der Waals surface area contributed by atoms with Gasteiger partial charge in [-0.05, 0) is 26.2 Å². The Kier molecular flexibility index (Phi) is 19.4. The number of rotatable bonds is 11. The number of ether oxygens (including phenoxy) is 1. The molecular formula is C16H32O4. The first kappa shape index (κ1) is 21.4. The summed E-state index contributed by atoms with van der Waals surface area (Å²) in [4.78, 5) is 11.2. The normalized spacial score (nSPS) is 11.8. The summed E-state index contributed by atoms with van der Waals surface area (Å²) < 4.78 is 4.80. The van der Waals surface area contributed by atoms with E-state index in [9.17, 15) is 4.79 Å². The van der Waals surface area contributed by atoms with E-state index in [0.29, 0.717) is 6.42 Å².